The maximum absolute atomic E-state index is 4.90. The van der Waals surface area contributed by atoms with Gasteiger partial charge in [0.2, 0.25) is 0 Å². The molecular formula is C27H47N. The molecule has 1 aliphatic carbocycles. The highest BCUT2D eigenvalue weighted by molar-refractivity contribution is 5.20. The lowest BCUT2D eigenvalue weighted by atomic mass is 9.78. The smallest absolute Gasteiger partial charge is 0.0434 e. The van der Waals surface area contributed by atoms with Crippen LogP contribution in [0.4, 0.5) is 0 Å². The topological polar surface area (TPSA) is 12.9 Å². The largest absolute Gasteiger partial charge is 0.261 e. The van der Waals surface area contributed by atoms with Crippen molar-refractivity contribution in [3.63, 3.8) is 0 Å². The van der Waals surface area contributed by atoms with Gasteiger partial charge in [-0.2, -0.15) is 0 Å². The van der Waals surface area contributed by atoms with Crippen LogP contribution in [0.3, 0.4) is 0 Å². The molecule has 1 nitrogen and oxygen atoms in total. The molecule has 1 heteroatoms. The number of pyridine rings is 1. The second kappa shape index (κ2) is 14.2. The minimum Gasteiger partial charge on any atom is -0.261 e. The van der Waals surface area contributed by atoms with Crippen molar-refractivity contribution in [2.75, 3.05) is 0 Å². The quantitative estimate of drug-likeness (QED) is 0.291. The number of hydrogen-bond acceptors (Lipinski definition) is 1. The number of aromatic nitrogens is 1. The molecule has 1 atom stereocenters. The molecular weight excluding hydrogens is 338 g/mol. The fourth-order valence-corrected chi connectivity index (χ4v) is 4.95. The van der Waals surface area contributed by atoms with Gasteiger partial charge in [-0.1, -0.05) is 97.5 Å². The Morgan fingerprint density at radius 2 is 1.46 bits per heavy atom. The fraction of sp³-hybridized carbons (Fsp3) is 0.815. The minimum absolute atomic E-state index is 0.659. The number of nitrogens with zero attached hydrogens (tertiary/aromatic N) is 1. The van der Waals surface area contributed by atoms with Crippen LogP contribution in [-0.4, -0.2) is 4.98 Å². The molecule has 2 rings (SSSR count). The van der Waals surface area contributed by atoms with Crippen molar-refractivity contribution in [2.24, 2.45) is 5.92 Å². The third-order valence-electron chi connectivity index (χ3n) is 7.10. The van der Waals surface area contributed by atoms with Crippen LogP contribution in [-0.2, 0) is 0 Å². The summed E-state index contributed by atoms with van der Waals surface area (Å²) in [5.41, 5.74) is 2.81. The van der Waals surface area contributed by atoms with Crippen LogP contribution in [0.1, 0.15) is 147 Å². The predicted molar refractivity (Wildman–Crippen MR) is 124 cm³/mol. The predicted octanol–water partition coefficient (Wildman–Crippen LogP) is 9.18. The van der Waals surface area contributed by atoms with E-state index in [0.717, 1.165) is 11.8 Å². The Morgan fingerprint density at radius 1 is 0.821 bits per heavy atom. The first kappa shape index (κ1) is 23.4. The third-order valence-corrected chi connectivity index (χ3v) is 7.10. The molecule has 1 fully saturated rings. The molecule has 1 aromatic rings. The van der Waals surface area contributed by atoms with E-state index in [-0.39, 0.29) is 0 Å². The molecule has 0 N–H and O–H groups in total. The van der Waals surface area contributed by atoms with Crippen molar-refractivity contribution in [2.45, 2.75) is 135 Å². The summed E-state index contributed by atoms with van der Waals surface area (Å²) in [5, 5.41) is 0. The SMILES string of the molecule is CCCCCCCC1CCC(c2ccc(C(C)CCCCCCC)cn2)CC1. The van der Waals surface area contributed by atoms with E-state index < -0.39 is 0 Å². The number of hydrogen-bond donors (Lipinski definition) is 0. The minimum atomic E-state index is 0.659. The average molecular weight is 386 g/mol. The zero-order chi connectivity index (χ0) is 20.0. The van der Waals surface area contributed by atoms with E-state index >= 15 is 0 Å². The molecule has 28 heavy (non-hydrogen) atoms. The molecule has 0 amide bonds. The Labute approximate surface area is 176 Å². The van der Waals surface area contributed by atoms with E-state index in [1.54, 1.807) is 0 Å². The summed E-state index contributed by atoms with van der Waals surface area (Å²) in [6.07, 6.45) is 24.6. The standard InChI is InChI=1S/C27H47N/c1-4-6-8-10-12-14-23(3)26-20-21-27(28-22-26)25-18-16-24(17-19-25)15-13-11-9-7-5-2/h20-25H,4-19H2,1-3H3. The van der Waals surface area contributed by atoms with Gasteiger partial charge in [-0.05, 0) is 55.6 Å². The summed E-state index contributed by atoms with van der Waals surface area (Å²) in [5.74, 6) is 2.37. The van der Waals surface area contributed by atoms with Gasteiger partial charge in [0, 0.05) is 17.8 Å². The van der Waals surface area contributed by atoms with E-state index in [0.29, 0.717) is 5.92 Å². The number of rotatable bonds is 14. The van der Waals surface area contributed by atoms with Crippen LogP contribution in [0.25, 0.3) is 0 Å². The molecule has 1 aliphatic rings. The van der Waals surface area contributed by atoms with Crippen molar-refractivity contribution in [3.8, 4) is 0 Å². The Bertz CT molecular complexity index is 483. The molecule has 160 valence electrons. The van der Waals surface area contributed by atoms with E-state index in [4.69, 9.17) is 4.98 Å². The highest BCUT2D eigenvalue weighted by Crippen LogP contribution is 2.37. The van der Waals surface area contributed by atoms with Gasteiger partial charge < -0.3 is 0 Å². The van der Waals surface area contributed by atoms with Gasteiger partial charge in [0.05, 0.1) is 0 Å². The first-order valence-corrected chi connectivity index (χ1v) is 12.7. The summed E-state index contributed by atoms with van der Waals surface area (Å²) in [6, 6.07) is 4.72. The fourth-order valence-electron chi connectivity index (χ4n) is 4.95. The van der Waals surface area contributed by atoms with E-state index in [1.165, 1.54) is 114 Å². The van der Waals surface area contributed by atoms with Gasteiger partial charge in [0.15, 0.2) is 0 Å². The van der Waals surface area contributed by atoms with E-state index in [1.807, 2.05) is 0 Å². The third kappa shape index (κ3) is 8.66. The second-order valence-corrected chi connectivity index (χ2v) is 9.54. The van der Waals surface area contributed by atoms with Crippen LogP contribution >= 0.6 is 0 Å². The van der Waals surface area contributed by atoms with Gasteiger partial charge in [-0.15, -0.1) is 0 Å². The molecule has 0 aliphatic heterocycles. The van der Waals surface area contributed by atoms with Crippen molar-refractivity contribution in [1.82, 2.24) is 4.98 Å². The summed E-state index contributed by atoms with van der Waals surface area (Å²) < 4.78 is 0. The van der Waals surface area contributed by atoms with Crippen LogP contribution in [0.5, 0.6) is 0 Å². The first-order chi connectivity index (χ1) is 13.7. The van der Waals surface area contributed by atoms with Gasteiger partial charge in [-0.25, -0.2) is 0 Å². The lowest BCUT2D eigenvalue weighted by molar-refractivity contribution is 0.299. The summed E-state index contributed by atoms with van der Waals surface area (Å²) in [7, 11) is 0. The summed E-state index contributed by atoms with van der Waals surface area (Å²) >= 11 is 0. The van der Waals surface area contributed by atoms with Crippen molar-refractivity contribution in [3.05, 3.63) is 29.6 Å². The lowest BCUT2D eigenvalue weighted by Gasteiger charge is -2.28. The Morgan fingerprint density at radius 3 is 2.07 bits per heavy atom. The molecule has 0 radical (unpaired) electrons. The normalized spacial score (nSPS) is 21.0. The molecule has 1 heterocycles. The highest BCUT2D eigenvalue weighted by Gasteiger charge is 2.23. The van der Waals surface area contributed by atoms with Crippen molar-refractivity contribution < 1.29 is 0 Å². The van der Waals surface area contributed by atoms with Gasteiger partial charge in [0.25, 0.3) is 0 Å². The molecule has 1 aromatic heterocycles. The van der Waals surface area contributed by atoms with E-state index in [2.05, 4.69) is 39.1 Å². The maximum atomic E-state index is 4.90. The average Bonchev–Trinajstić information content (AvgIpc) is 2.74. The van der Waals surface area contributed by atoms with Crippen LogP contribution in [0.15, 0.2) is 18.3 Å². The Kier molecular flexibility index (Phi) is 11.9. The molecule has 0 spiro atoms. The Balaban J connectivity index is 1.66. The Hall–Kier alpha value is -0.850. The van der Waals surface area contributed by atoms with Gasteiger partial charge >= 0.3 is 0 Å². The summed E-state index contributed by atoms with van der Waals surface area (Å²) in [4.78, 5) is 4.90. The van der Waals surface area contributed by atoms with E-state index in [9.17, 15) is 0 Å². The monoisotopic (exact) mass is 385 g/mol. The van der Waals surface area contributed by atoms with Crippen LogP contribution in [0, 0.1) is 5.92 Å². The highest BCUT2D eigenvalue weighted by atomic mass is 14.7. The van der Waals surface area contributed by atoms with Gasteiger partial charge in [0.1, 0.15) is 0 Å². The van der Waals surface area contributed by atoms with Gasteiger partial charge in [-0.3, -0.25) is 4.98 Å². The zero-order valence-corrected chi connectivity index (χ0v) is 19.2. The zero-order valence-electron chi connectivity index (χ0n) is 19.2. The molecule has 0 saturated heterocycles. The lowest BCUT2D eigenvalue weighted by Crippen LogP contribution is -2.14. The van der Waals surface area contributed by atoms with Crippen LogP contribution in [0.2, 0.25) is 0 Å². The maximum Gasteiger partial charge on any atom is 0.0434 e. The van der Waals surface area contributed by atoms with Crippen LogP contribution < -0.4 is 0 Å². The van der Waals surface area contributed by atoms with Crippen molar-refractivity contribution in [1.29, 1.82) is 0 Å². The summed E-state index contributed by atoms with van der Waals surface area (Å²) in [6.45, 7) is 6.97. The first-order valence-electron chi connectivity index (χ1n) is 12.7. The van der Waals surface area contributed by atoms with Crippen molar-refractivity contribution >= 4 is 0 Å². The number of unbranched alkanes of at least 4 members (excludes halogenated alkanes) is 8. The molecule has 1 unspecified atom stereocenters. The molecule has 0 bridgehead atoms. The molecule has 1 saturated carbocycles. The molecule has 0 aromatic carbocycles. The second-order valence-electron chi connectivity index (χ2n) is 9.54.